The quantitative estimate of drug-likeness (QED) is 0.291. The molecule has 0 aromatic heterocycles. The monoisotopic (exact) mass is 481 g/mol. The Morgan fingerprint density at radius 2 is 1.47 bits per heavy atom. The van der Waals surface area contributed by atoms with Gasteiger partial charge in [-0.05, 0) is 26.3 Å². The maximum absolute atomic E-state index is 12.7. The van der Waals surface area contributed by atoms with Gasteiger partial charge in [-0.25, -0.2) is 4.79 Å². The first kappa shape index (κ1) is 27.2. The lowest BCUT2D eigenvalue weighted by Gasteiger charge is -2.57. The van der Waals surface area contributed by atoms with Gasteiger partial charge in [0.25, 0.3) is 5.79 Å². The highest BCUT2D eigenvalue weighted by Crippen LogP contribution is 2.45. The number of carbonyl (C=O) groups is 5. The molecule has 1 fully saturated rings. The molecule has 1 aromatic carbocycles. The molecule has 186 valence electrons. The fourth-order valence-electron chi connectivity index (χ4n) is 3.88. The Hall–Kier alpha value is -3.03. The van der Waals surface area contributed by atoms with Crippen molar-refractivity contribution in [3.63, 3.8) is 0 Å². The Morgan fingerprint density at radius 1 is 0.941 bits per heavy atom. The van der Waals surface area contributed by atoms with Crippen molar-refractivity contribution in [2.24, 2.45) is 0 Å². The van der Waals surface area contributed by atoms with Crippen molar-refractivity contribution in [2.75, 3.05) is 0 Å². The highest BCUT2D eigenvalue weighted by atomic mass is 16.7. The number of alkyl carbamates (subject to hydrolysis) is 1. The lowest BCUT2D eigenvalue weighted by Crippen LogP contribution is -2.87. The average Bonchev–Trinajstić information content (AvgIpc) is 2.77. The maximum Gasteiger partial charge on any atom is 0.408 e. The van der Waals surface area contributed by atoms with Gasteiger partial charge < -0.3 is 35.2 Å². The van der Waals surface area contributed by atoms with E-state index >= 15 is 0 Å². The topological polar surface area (TPSA) is 197 Å². The second-order valence-electron chi connectivity index (χ2n) is 8.13. The van der Waals surface area contributed by atoms with Crippen LogP contribution in [0.4, 0.5) is 4.79 Å². The zero-order chi connectivity index (χ0) is 26.1. The van der Waals surface area contributed by atoms with Crippen LogP contribution in [0, 0.1) is 0 Å². The van der Waals surface area contributed by atoms with Gasteiger partial charge >= 0.3 is 6.09 Å². The highest BCUT2D eigenvalue weighted by molar-refractivity contribution is 6.01. The van der Waals surface area contributed by atoms with E-state index in [1.165, 1.54) is 0 Å². The number of aliphatic hydroxyl groups excluding tert-OH is 1. The summed E-state index contributed by atoms with van der Waals surface area (Å²) in [6, 6.07) is 5.82. The van der Waals surface area contributed by atoms with Crippen LogP contribution in [0.2, 0.25) is 0 Å². The van der Waals surface area contributed by atoms with E-state index in [9.17, 15) is 44.4 Å². The van der Waals surface area contributed by atoms with E-state index in [-0.39, 0.29) is 6.61 Å². The standard InChI is InChI=1S/C22H27NO11/c1-11(24)16(28)17-20(30,12(2)25)21(31,13(3)26)18(22(32,34-17)14(4)27)23-19(29)33-10-15-8-6-5-7-9-15/h5-9,16-18,28,30-32H,10H2,1-4H3,(H,23,29)/t16?,17-,18+,20-,21-,22+/m1/s1. The number of ketones is 4. The summed E-state index contributed by atoms with van der Waals surface area (Å²) in [7, 11) is 0. The summed E-state index contributed by atoms with van der Waals surface area (Å²) in [5, 5.41) is 45.9. The number of amides is 1. The van der Waals surface area contributed by atoms with E-state index in [0.29, 0.717) is 12.5 Å². The van der Waals surface area contributed by atoms with Crippen LogP contribution in [0.15, 0.2) is 30.3 Å². The third kappa shape index (κ3) is 4.38. The first-order valence-electron chi connectivity index (χ1n) is 10.2. The smallest absolute Gasteiger partial charge is 0.408 e. The average molecular weight is 481 g/mol. The fourth-order valence-corrected chi connectivity index (χ4v) is 3.88. The van der Waals surface area contributed by atoms with Crippen LogP contribution < -0.4 is 5.32 Å². The van der Waals surface area contributed by atoms with Crippen LogP contribution in [0.25, 0.3) is 0 Å². The molecule has 1 aliphatic heterocycles. The number of aliphatic hydroxyl groups is 4. The number of carbonyl (C=O) groups excluding carboxylic acids is 5. The Labute approximate surface area is 194 Å². The summed E-state index contributed by atoms with van der Waals surface area (Å²) < 4.78 is 10.1. The third-order valence-electron chi connectivity index (χ3n) is 5.86. The fraction of sp³-hybridized carbons (Fsp3) is 0.500. The zero-order valence-corrected chi connectivity index (χ0v) is 19.0. The summed E-state index contributed by atoms with van der Waals surface area (Å²) in [5.74, 6) is -8.37. The molecule has 1 aromatic rings. The molecule has 12 nitrogen and oxygen atoms in total. The predicted octanol–water partition coefficient (Wildman–Crippen LogP) is -1.45. The van der Waals surface area contributed by atoms with Crippen molar-refractivity contribution in [2.45, 2.75) is 69.5 Å². The van der Waals surface area contributed by atoms with Crippen molar-refractivity contribution in [3.8, 4) is 0 Å². The number of rotatable bonds is 8. The van der Waals surface area contributed by atoms with Gasteiger partial charge in [0.15, 0.2) is 34.3 Å². The first-order chi connectivity index (χ1) is 15.6. The van der Waals surface area contributed by atoms with Gasteiger partial charge in [-0.2, -0.15) is 0 Å². The molecule has 0 bridgehead atoms. The van der Waals surface area contributed by atoms with E-state index in [4.69, 9.17) is 9.47 Å². The zero-order valence-electron chi connectivity index (χ0n) is 19.0. The normalized spacial score (nSPS) is 31.8. The molecule has 34 heavy (non-hydrogen) atoms. The summed E-state index contributed by atoms with van der Waals surface area (Å²) in [5.41, 5.74) is -6.26. The lowest BCUT2D eigenvalue weighted by molar-refractivity contribution is -0.344. The molecular weight excluding hydrogens is 454 g/mol. The van der Waals surface area contributed by atoms with Crippen molar-refractivity contribution in [1.29, 1.82) is 0 Å². The van der Waals surface area contributed by atoms with Crippen molar-refractivity contribution < 1.29 is 53.9 Å². The molecule has 0 radical (unpaired) electrons. The van der Waals surface area contributed by atoms with Gasteiger partial charge in [-0.1, -0.05) is 30.3 Å². The molecule has 5 N–H and O–H groups in total. The number of benzene rings is 1. The summed E-state index contributed by atoms with van der Waals surface area (Å²) in [4.78, 5) is 61.9. The minimum absolute atomic E-state index is 0.292. The molecule has 1 unspecified atom stereocenters. The highest BCUT2D eigenvalue weighted by Gasteiger charge is 2.76. The van der Waals surface area contributed by atoms with Crippen molar-refractivity contribution in [1.82, 2.24) is 5.32 Å². The van der Waals surface area contributed by atoms with E-state index < -0.39 is 64.5 Å². The molecule has 0 saturated carbocycles. The SMILES string of the molecule is CC(=O)C(O)[C@H]1O[C@@](O)(C(C)=O)[C@@H](NC(=O)OCc2ccccc2)[C@](O)(C(C)=O)[C@@]1(O)C(C)=O. The second kappa shape index (κ2) is 9.68. The van der Waals surface area contributed by atoms with Crippen molar-refractivity contribution in [3.05, 3.63) is 35.9 Å². The Morgan fingerprint density at radius 3 is 1.91 bits per heavy atom. The van der Waals surface area contributed by atoms with Gasteiger partial charge in [-0.15, -0.1) is 0 Å². The van der Waals surface area contributed by atoms with Crippen LogP contribution in [-0.4, -0.2) is 84.9 Å². The largest absolute Gasteiger partial charge is 0.445 e. The van der Waals surface area contributed by atoms with E-state index in [1.807, 2.05) is 5.32 Å². The van der Waals surface area contributed by atoms with Crippen LogP contribution >= 0.6 is 0 Å². The molecule has 1 amide bonds. The van der Waals surface area contributed by atoms with Crippen LogP contribution in [0.5, 0.6) is 0 Å². The Balaban J connectivity index is 2.60. The van der Waals surface area contributed by atoms with Gasteiger partial charge in [0.2, 0.25) is 0 Å². The minimum atomic E-state index is -3.44. The number of nitrogens with one attached hydrogen (secondary N) is 1. The van der Waals surface area contributed by atoms with Gasteiger partial charge in [0, 0.05) is 6.92 Å². The number of ether oxygens (including phenoxy) is 2. The molecule has 12 heteroatoms. The molecule has 1 aliphatic rings. The van der Waals surface area contributed by atoms with Crippen LogP contribution in [0.1, 0.15) is 33.3 Å². The molecule has 1 saturated heterocycles. The molecule has 6 atom stereocenters. The number of hydrogen-bond donors (Lipinski definition) is 5. The lowest BCUT2D eigenvalue weighted by atomic mass is 9.63. The molecule has 2 rings (SSSR count). The molecular formula is C22H27NO11. The Kier molecular flexibility index (Phi) is 7.75. The van der Waals surface area contributed by atoms with Crippen LogP contribution in [0.3, 0.4) is 0 Å². The van der Waals surface area contributed by atoms with Crippen LogP contribution in [-0.2, 0) is 35.3 Å². The third-order valence-corrected chi connectivity index (χ3v) is 5.86. The van der Waals surface area contributed by atoms with Gasteiger partial charge in [0.05, 0.1) is 0 Å². The Bertz CT molecular complexity index is 996. The van der Waals surface area contributed by atoms with E-state index in [0.717, 1.165) is 20.8 Å². The first-order valence-corrected chi connectivity index (χ1v) is 10.2. The molecule has 0 spiro atoms. The van der Waals surface area contributed by atoms with Gasteiger partial charge in [-0.3, -0.25) is 19.2 Å². The predicted molar refractivity (Wildman–Crippen MR) is 112 cm³/mol. The summed E-state index contributed by atoms with van der Waals surface area (Å²) in [6.07, 6.45) is -6.16. The van der Waals surface area contributed by atoms with Crippen molar-refractivity contribution >= 4 is 29.2 Å². The van der Waals surface area contributed by atoms with E-state index in [1.54, 1.807) is 30.3 Å². The number of Topliss-reactive ketones (excluding diaryl/α,β-unsaturated/α-hetero) is 4. The van der Waals surface area contributed by atoms with Gasteiger partial charge in [0.1, 0.15) is 24.9 Å². The minimum Gasteiger partial charge on any atom is -0.445 e. The van der Waals surface area contributed by atoms with E-state index in [2.05, 4.69) is 0 Å². The number of hydrogen-bond acceptors (Lipinski definition) is 11. The molecule has 0 aliphatic carbocycles. The maximum atomic E-state index is 12.7. The molecule has 1 heterocycles. The second-order valence-corrected chi connectivity index (χ2v) is 8.13. The summed E-state index contributed by atoms with van der Waals surface area (Å²) >= 11 is 0. The summed E-state index contributed by atoms with van der Waals surface area (Å²) in [6.45, 7) is 2.75.